The van der Waals surface area contributed by atoms with Gasteiger partial charge < -0.3 is 10.1 Å². The summed E-state index contributed by atoms with van der Waals surface area (Å²) in [6.07, 6.45) is 3.61. The molecule has 1 aromatic rings. The second kappa shape index (κ2) is 8.71. The van der Waals surface area contributed by atoms with E-state index in [0.29, 0.717) is 6.04 Å². The molecule has 0 saturated carbocycles. The van der Waals surface area contributed by atoms with E-state index in [-0.39, 0.29) is 0 Å². The summed E-state index contributed by atoms with van der Waals surface area (Å²) in [5, 5.41) is 3.75. The Labute approximate surface area is 127 Å². The molecular weight excluding hydrogens is 266 g/mol. The van der Waals surface area contributed by atoms with Crippen LogP contribution in [0, 0.1) is 12.8 Å². The van der Waals surface area contributed by atoms with E-state index < -0.39 is 0 Å². The molecule has 1 N–H and O–H groups in total. The first-order valence-corrected chi connectivity index (χ1v) is 8.78. The molecule has 1 unspecified atom stereocenters. The lowest BCUT2D eigenvalue weighted by molar-refractivity contribution is 0.0566. The van der Waals surface area contributed by atoms with Gasteiger partial charge in [-0.1, -0.05) is 24.6 Å². The van der Waals surface area contributed by atoms with E-state index >= 15 is 0 Å². The zero-order valence-electron chi connectivity index (χ0n) is 12.7. The van der Waals surface area contributed by atoms with E-state index in [1.165, 1.54) is 29.7 Å². The van der Waals surface area contributed by atoms with Crippen molar-refractivity contribution in [3.05, 3.63) is 29.8 Å². The molecule has 1 fully saturated rings. The van der Waals surface area contributed by atoms with Crippen LogP contribution in [-0.2, 0) is 4.74 Å². The van der Waals surface area contributed by atoms with Gasteiger partial charge in [0.25, 0.3) is 0 Å². The summed E-state index contributed by atoms with van der Waals surface area (Å²) < 4.78 is 5.50. The van der Waals surface area contributed by atoms with Crippen molar-refractivity contribution < 1.29 is 4.74 Å². The summed E-state index contributed by atoms with van der Waals surface area (Å²) in [4.78, 5) is 1.39. The van der Waals surface area contributed by atoms with Crippen molar-refractivity contribution in [1.82, 2.24) is 5.32 Å². The SMILES string of the molecule is CCCNC(CSc1cccc(C)c1)C1CCOCC1. The molecule has 1 aromatic carbocycles. The molecule has 0 bridgehead atoms. The van der Waals surface area contributed by atoms with E-state index in [1.807, 2.05) is 11.8 Å². The van der Waals surface area contributed by atoms with E-state index in [2.05, 4.69) is 43.4 Å². The van der Waals surface area contributed by atoms with Crippen LogP contribution >= 0.6 is 11.8 Å². The van der Waals surface area contributed by atoms with Crippen LogP contribution in [0.4, 0.5) is 0 Å². The van der Waals surface area contributed by atoms with Crippen molar-refractivity contribution in [3.63, 3.8) is 0 Å². The van der Waals surface area contributed by atoms with Crippen molar-refractivity contribution in [1.29, 1.82) is 0 Å². The molecule has 1 atom stereocenters. The zero-order chi connectivity index (χ0) is 14.2. The summed E-state index contributed by atoms with van der Waals surface area (Å²) in [6, 6.07) is 9.43. The summed E-state index contributed by atoms with van der Waals surface area (Å²) in [7, 11) is 0. The van der Waals surface area contributed by atoms with Gasteiger partial charge in [0.15, 0.2) is 0 Å². The van der Waals surface area contributed by atoms with Gasteiger partial charge >= 0.3 is 0 Å². The predicted molar refractivity (Wildman–Crippen MR) is 87.5 cm³/mol. The molecule has 1 saturated heterocycles. The van der Waals surface area contributed by atoms with Crippen molar-refractivity contribution in [2.45, 2.75) is 44.0 Å². The second-order valence-electron chi connectivity index (χ2n) is 5.64. The molecule has 0 aromatic heterocycles. The maximum Gasteiger partial charge on any atom is 0.0469 e. The highest BCUT2D eigenvalue weighted by Crippen LogP contribution is 2.26. The molecule has 0 amide bonds. The highest BCUT2D eigenvalue weighted by Gasteiger charge is 2.23. The van der Waals surface area contributed by atoms with Gasteiger partial charge in [-0.15, -0.1) is 11.8 Å². The molecule has 0 aliphatic carbocycles. The predicted octanol–water partition coefficient (Wildman–Crippen LogP) is 3.88. The normalized spacial score (nSPS) is 18.1. The number of nitrogens with one attached hydrogen (secondary N) is 1. The fourth-order valence-electron chi connectivity index (χ4n) is 2.70. The van der Waals surface area contributed by atoms with E-state index in [0.717, 1.165) is 31.4 Å². The fraction of sp³-hybridized carbons (Fsp3) is 0.647. The quantitative estimate of drug-likeness (QED) is 0.771. The molecule has 1 aliphatic rings. The lowest BCUT2D eigenvalue weighted by atomic mass is 9.93. The number of aryl methyl sites for hydroxylation is 1. The van der Waals surface area contributed by atoms with Gasteiger partial charge in [-0.25, -0.2) is 0 Å². The number of benzene rings is 1. The topological polar surface area (TPSA) is 21.3 Å². The minimum Gasteiger partial charge on any atom is -0.381 e. The third-order valence-electron chi connectivity index (χ3n) is 3.91. The zero-order valence-corrected chi connectivity index (χ0v) is 13.5. The Kier molecular flexibility index (Phi) is 6.91. The molecule has 20 heavy (non-hydrogen) atoms. The molecule has 112 valence electrons. The van der Waals surface area contributed by atoms with Gasteiger partial charge in [-0.3, -0.25) is 0 Å². The highest BCUT2D eigenvalue weighted by atomic mass is 32.2. The summed E-state index contributed by atoms with van der Waals surface area (Å²) in [5.74, 6) is 1.93. The highest BCUT2D eigenvalue weighted by molar-refractivity contribution is 7.99. The lowest BCUT2D eigenvalue weighted by Crippen LogP contribution is -2.41. The van der Waals surface area contributed by atoms with Crippen LogP contribution in [0.2, 0.25) is 0 Å². The van der Waals surface area contributed by atoms with Gasteiger partial charge in [-0.2, -0.15) is 0 Å². The number of ether oxygens (including phenoxy) is 1. The molecule has 3 heteroatoms. The van der Waals surface area contributed by atoms with Crippen molar-refractivity contribution in [2.75, 3.05) is 25.5 Å². The van der Waals surface area contributed by atoms with Crippen LogP contribution in [0.25, 0.3) is 0 Å². The van der Waals surface area contributed by atoms with E-state index in [1.54, 1.807) is 0 Å². The Morgan fingerprint density at radius 3 is 2.85 bits per heavy atom. The monoisotopic (exact) mass is 293 g/mol. The molecule has 2 nitrogen and oxygen atoms in total. The first-order chi connectivity index (χ1) is 9.79. The number of thioether (sulfide) groups is 1. The smallest absolute Gasteiger partial charge is 0.0469 e. The van der Waals surface area contributed by atoms with Crippen molar-refractivity contribution >= 4 is 11.8 Å². The molecular formula is C17H27NOS. The molecule has 1 heterocycles. The van der Waals surface area contributed by atoms with Crippen LogP contribution in [0.15, 0.2) is 29.2 Å². The van der Waals surface area contributed by atoms with Gasteiger partial charge in [0.05, 0.1) is 0 Å². The van der Waals surface area contributed by atoms with Crippen LogP contribution < -0.4 is 5.32 Å². The van der Waals surface area contributed by atoms with Crippen LogP contribution in [0.5, 0.6) is 0 Å². The lowest BCUT2D eigenvalue weighted by Gasteiger charge is -2.31. The third kappa shape index (κ3) is 5.12. The van der Waals surface area contributed by atoms with Crippen LogP contribution in [-0.4, -0.2) is 31.6 Å². The average molecular weight is 293 g/mol. The van der Waals surface area contributed by atoms with Crippen LogP contribution in [0.3, 0.4) is 0 Å². The largest absolute Gasteiger partial charge is 0.381 e. The summed E-state index contributed by atoms with van der Waals surface area (Å²) in [6.45, 7) is 7.39. The van der Waals surface area contributed by atoms with Crippen molar-refractivity contribution in [3.8, 4) is 0 Å². The number of rotatable bonds is 7. The first-order valence-electron chi connectivity index (χ1n) is 7.80. The first kappa shape index (κ1) is 15.9. The second-order valence-corrected chi connectivity index (χ2v) is 6.73. The number of hydrogen-bond donors (Lipinski definition) is 1. The number of hydrogen-bond acceptors (Lipinski definition) is 3. The van der Waals surface area contributed by atoms with E-state index in [9.17, 15) is 0 Å². The van der Waals surface area contributed by atoms with E-state index in [4.69, 9.17) is 4.74 Å². The Morgan fingerprint density at radius 1 is 1.35 bits per heavy atom. The Bertz CT molecular complexity index is 390. The Balaban J connectivity index is 1.89. The summed E-state index contributed by atoms with van der Waals surface area (Å²) in [5.41, 5.74) is 1.35. The molecule has 1 aliphatic heterocycles. The maximum atomic E-state index is 5.50. The van der Waals surface area contributed by atoms with Crippen LogP contribution in [0.1, 0.15) is 31.7 Å². The van der Waals surface area contributed by atoms with Gasteiger partial charge in [-0.05, 0) is 50.8 Å². The van der Waals surface area contributed by atoms with Crippen molar-refractivity contribution in [2.24, 2.45) is 5.92 Å². The minimum atomic E-state index is 0.615. The third-order valence-corrected chi connectivity index (χ3v) is 5.02. The standard InChI is InChI=1S/C17H27NOS/c1-3-9-18-17(15-7-10-19-11-8-15)13-20-16-6-4-5-14(2)12-16/h4-6,12,15,17-18H,3,7-11,13H2,1-2H3. The Hall–Kier alpha value is -0.510. The minimum absolute atomic E-state index is 0.615. The maximum absolute atomic E-state index is 5.50. The summed E-state index contributed by atoms with van der Waals surface area (Å²) >= 11 is 1.98. The van der Waals surface area contributed by atoms with Gasteiger partial charge in [0.2, 0.25) is 0 Å². The van der Waals surface area contributed by atoms with Gasteiger partial charge in [0.1, 0.15) is 0 Å². The molecule has 2 rings (SSSR count). The molecule has 0 spiro atoms. The van der Waals surface area contributed by atoms with Gasteiger partial charge in [0, 0.05) is 29.9 Å². The Morgan fingerprint density at radius 2 is 2.15 bits per heavy atom. The molecule has 0 radical (unpaired) electrons. The fourth-order valence-corrected chi connectivity index (χ4v) is 3.91. The average Bonchev–Trinajstić information content (AvgIpc) is 2.48.